The van der Waals surface area contributed by atoms with Crippen LogP contribution >= 0.6 is 24.0 Å². The lowest BCUT2D eigenvalue weighted by molar-refractivity contribution is 0.0530. The van der Waals surface area contributed by atoms with Gasteiger partial charge in [0.1, 0.15) is 5.75 Å². The molecule has 0 bridgehead atoms. The van der Waals surface area contributed by atoms with Gasteiger partial charge in [0, 0.05) is 38.3 Å². The zero-order valence-electron chi connectivity index (χ0n) is 17.0. The second kappa shape index (κ2) is 11.8. The fourth-order valence-corrected chi connectivity index (χ4v) is 3.83. The fourth-order valence-electron chi connectivity index (χ4n) is 3.83. The Labute approximate surface area is 185 Å². The first-order chi connectivity index (χ1) is 13.3. The van der Waals surface area contributed by atoms with Crippen molar-refractivity contribution in [3.63, 3.8) is 0 Å². The summed E-state index contributed by atoms with van der Waals surface area (Å²) >= 11 is 0. The molecule has 1 unspecified atom stereocenters. The molecule has 2 saturated heterocycles. The van der Waals surface area contributed by atoms with Crippen LogP contribution in [0.4, 0.5) is 0 Å². The molecule has 1 aromatic rings. The minimum atomic E-state index is 0. The summed E-state index contributed by atoms with van der Waals surface area (Å²) in [4.78, 5) is 4.94. The maximum atomic E-state index is 5.71. The molecule has 0 aromatic heterocycles. The molecule has 1 aromatic carbocycles. The Kier molecular flexibility index (Phi) is 9.81. The van der Waals surface area contributed by atoms with Gasteiger partial charge < -0.3 is 24.8 Å². The molecule has 3 rings (SSSR count). The highest BCUT2D eigenvalue weighted by molar-refractivity contribution is 14.0. The molecule has 0 amide bonds. The number of halogens is 1. The molecule has 2 heterocycles. The Morgan fingerprint density at radius 1 is 1.18 bits per heavy atom. The monoisotopic (exact) mass is 503 g/mol. The van der Waals surface area contributed by atoms with Gasteiger partial charge >= 0.3 is 0 Å². The predicted molar refractivity (Wildman–Crippen MR) is 123 cm³/mol. The van der Waals surface area contributed by atoms with Crippen LogP contribution in [-0.4, -0.2) is 58.6 Å². The number of rotatable bonds is 7. The maximum absolute atomic E-state index is 5.71. The topological polar surface area (TPSA) is 64.1 Å². The van der Waals surface area contributed by atoms with Gasteiger partial charge in [0.05, 0.1) is 19.8 Å². The van der Waals surface area contributed by atoms with Crippen LogP contribution < -0.4 is 15.4 Å². The van der Waals surface area contributed by atoms with Gasteiger partial charge in [-0.1, -0.05) is 12.1 Å². The van der Waals surface area contributed by atoms with Crippen molar-refractivity contribution < 1.29 is 14.2 Å². The first-order valence-electron chi connectivity index (χ1n) is 10.1. The van der Waals surface area contributed by atoms with Gasteiger partial charge in [0.15, 0.2) is 5.96 Å². The second-order valence-electron chi connectivity index (χ2n) is 7.33. The summed E-state index contributed by atoms with van der Waals surface area (Å²) in [6, 6.07) is 8.42. The Morgan fingerprint density at radius 3 is 2.54 bits per heavy atom. The van der Waals surface area contributed by atoms with E-state index in [4.69, 9.17) is 19.2 Å². The van der Waals surface area contributed by atoms with Crippen LogP contribution in [0.5, 0.6) is 5.75 Å². The molecule has 2 N–H and O–H groups in total. The molecule has 0 aliphatic carbocycles. The lowest BCUT2D eigenvalue weighted by Crippen LogP contribution is -2.43. The summed E-state index contributed by atoms with van der Waals surface area (Å²) in [6.45, 7) is 6.92. The summed E-state index contributed by atoms with van der Waals surface area (Å²) < 4.78 is 16.7. The third kappa shape index (κ3) is 6.22. The van der Waals surface area contributed by atoms with Crippen LogP contribution in [0.2, 0.25) is 0 Å². The summed E-state index contributed by atoms with van der Waals surface area (Å²) in [5, 5.41) is 6.82. The zero-order chi connectivity index (χ0) is 19.0. The molecule has 7 heteroatoms. The minimum Gasteiger partial charge on any atom is -0.497 e. The second-order valence-corrected chi connectivity index (χ2v) is 7.33. The van der Waals surface area contributed by atoms with Gasteiger partial charge in [0.2, 0.25) is 0 Å². The van der Waals surface area contributed by atoms with Crippen molar-refractivity contribution >= 4 is 29.9 Å². The number of ether oxygens (including phenoxy) is 3. The van der Waals surface area contributed by atoms with Crippen LogP contribution in [-0.2, 0) is 14.9 Å². The van der Waals surface area contributed by atoms with Crippen molar-refractivity contribution in [2.45, 2.75) is 44.1 Å². The van der Waals surface area contributed by atoms with Crippen LogP contribution in [0, 0.1) is 0 Å². The molecule has 0 radical (unpaired) electrons. The van der Waals surface area contributed by atoms with E-state index < -0.39 is 0 Å². The molecule has 6 nitrogen and oxygen atoms in total. The van der Waals surface area contributed by atoms with E-state index in [1.54, 1.807) is 7.11 Å². The lowest BCUT2D eigenvalue weighted by Gasteiger charge is -2.36. The van der Waals surface area contributed by atoms with Gasteiger partial charge in [-0.3, -0.25) is 4.99 Å². The Morgan fingerprint density at radius 2 is 1.93 bits per heavy atom. The molecule has 158 valence electrons. The van der Waals surface area contributed by atoms with Crippen molar-refractivity contribution in [3.8, 4) is 5.75 Å². The number of nitrogens with one attached hydrogen (secondary N) is 2. The highest BCUT2D eigenvalue weighted by Gasteiger charge is 2.34. The Bertz CT molecular complexity index is 597. The normalized spacial score (nSPS) is 21.6. The number of guanidine groups is 1. The average molecular weight is 503 g/mol. The molecule has 2 fully saturated rings. The number of benzene rings is 1. The number of hydrogen-bond acceptors (Lipinski definition) is 4. The molecule has 0 saturated carbocycles. The number of methoxy groups -OCH3 is 1. The van der Waals surface area contributed by atoms with Crippen molar-refractivity contribution in [1.29, 1.82) is 0 Å². The highest BCUT2D eigenvalue weighted by Crippen LogP contribution is 2.36. The molecule has 28 heavy (non-hydrogen) atoms. The number of aliphatic imine (C=N–C) groups is 1. The SMILES string of the molecule is CCNC(=NCC1(c2ccc(OC)cc2)CCOCC1)NCC1CCCO1.I. The van der Waals surface area contributed by atoms with E-state index >= 15 is 0 Å². The van der Waals surface area contributed by atoms with Crippen molar-refractivity contribution in [2.24, 2.45) is 4.99 Å². The molecule has 0 spiro atoms. The third-order valence-electron chi connectivity index (χ3n) is 5.56. The smallest absolute Gasteiger partial charge is 0.191 e. The quantitative estimate of drug-likeness (QED) is 0.340. The largest absolute Gasteiger partial charge is 0.497 e. The standard InChI is InChI=1S/C21H33N3O3.HI/c1-3-22-20(23-15-19-5-4-12-27-19)24-16-21(10-13-26-14-11-21)17-6-8-18(25-2)9-7-17;/h6-9,19H,3-5,10-16H2,1-2H3,(H2,22,23,24);1H. The molecule has 2 aliphatic heterocycles. The summed E-state index contributed by atoms with van der Waals surface area (Å²) in [5.41, 5.74) is 1.32. The van der Waals surface area contributed by atoms with E-state index in [1.807, 2.05) is 12.1 Å². The summed E-state index contributed by atoms with van der Waals surface area (Å²) in [6.07, 6.45) is 4.54. The summed E-state index contributed by atoms with van der Waals surface area (Å²) in [5.74, 6) is 1.75. The highest BCUT2D eigenvalue weighted by atomic mass is 127. The first-order valence-corrected chi connectivity index (χ1v) is 10.1. The number of nitrogens with zero attached hydrogens (tertiary/aromatic N) is 1. The van der Waals surface area contributed by atoms with E-state index in [0.29, 0.717) is 6.10 Å². The van der Waals surface area contributed by atoms with Crippen LogP contribution in [0.25, 0.3) is 0 Å². The Hall–Kier alpha value is -1.06. The molecule has 1 atom stereocenters. The van der Waals surface area contributed by atoms with Gasteiger partial charge in [-0.05, 0) is 50.3 Å². The van der Waals surface area contributed by atoms with E-state index in [-0.39, 0.29) is 29.4 Å². The first kappa shape index (κ1) is 23.2. The third-order valence-corrected chi connectivity index (χ3v) is 5.56. The van der Waals surface area contributed by atoms with Gasteiger partial charge in [-0.25, -0.2) is 0 Å². The van der Waals surface area contributed by atoms with E-state index in [1.165, 1.54) is 5.56 Å². The van der Waals surface area contributed by atoms with E-state index in [9.17, 15) is 0 Å². The molecular weight excluding hydrogens is 469 g/mol. The van der Waals surface area contributed by atoms with Crippen molar-refractivity contribution in [1.82, 2.24) is 10.6 Å². The van der Waals surface area contributed by atoms with E-state index in [0.717, 1.165) is 76.8 Å². The van der Waals surface area contributed by atoms with Crippen LogP contribution in [0.1, 0.15) is 38.2 Å². The number of hydrogen-bond donors (Lipinski definition) is 2. The van der Waals surface area contributed by atoms with Gasteiger partial charge in [0.25, 0.3) is 0 Å². The zero-order valence-corrected chi connectivity index (χ0v) is 19.4. The fraction of sp³-hybridized carbons (Fsp3) is 0.667. The van der Waals surface area contributed by atoms with Crippen molar-refractivity contribution in [2.75, 3.05) is 46.6 Å². The predicted octanol–water partition coefficient (Wildman–Crippen LogP) is 3.10. The van der Waals surface area contributed by atoms with Crippen molar-refractivity contribution in [3.05, 3.63) is 29.8 Å². The summed E-state index contributed by atoms with van der Waals surface area (Å²) in [7, 11) is 1.70. The van der Waals surface area contributed by atoms with Crippen LogP contribution in [0.3, 0.4) is 0 Å². The van der Waals surface area contributed by atoms with E-state index in [2.05, 4.69) is 29.7 Å². The lowest BCUT2D eigenvalue weighted by atomic mass is 9.74. The van der Waals surface area contributed by atoms with Crippen LogP contribution in [0.15, 0.2) is 29.3 Å². The van der Waals surface area contributed by atoms with Gasteiger partial charge in [-0.2, -0.15) is 0 Å². The average Bonchev–Trinajstić information content (AvgIpc) is 3.24. The minimum absolute atomic E-state index is 0. The maximum Gasteiger partial charge on any atom is 0.191 e. The molecule has 2 aliphatic rings. The molecular formula is C21H34IN3O3. The Balaban J connectivity index is 0.00000280. The van der Waals surface area contributed by atoms with Gasteiger partial charge in [-0.15, -0.1) is 24.0 Å².